The molecule has 0 spiro atoms. The first-order chi connectivity index (χ1) is 10.4. The zero-order chi connectivity index (χ0) is 15.9. The minimum Gasteiger partial charge on any atom is -0.507 e. The van der Waals surface area contributed by atoms with Gasteiger partial charge in [-0.15, -0.1) is 0 Å². The summed E-state index contributed by atoms with van der Waals surface area (Å²) in [7, 11) is -3.67. The molecule has 114 valence electrons. The van der Waals surface area contributed by atoms with Crippen LogP contribution in [0, 0.1) is 6.92 Å². The lowest BCUT2D eigenvalue weighted by molar-refractivity contribution is 0.0980. The highest BCUT2D eigenvalue weighted by atomic mass is 32.2. The van der Waals surface area contributed by atoms with Crippen molar-refractivity contribution in [1.29, 1.82) is 0 Å². The first kappa shape index (κ1) is 14.7. The van der Waals surface area contributed by atoms with Gasteiger partial charge in [-0.05, 0) is 31.2 Å². The van der Waals surface area contributed by atoms with Crippen LogP contribution in [-0.2, 0) is 10.0 Å². The Labute approximate surface area is 128 Å². The second-order valence-electron chi connectivity index (χ2n) is 5.28. The van der Waals surface area contributed by atoms with Gasteiger partial charge in [0.15, 0.2) is 5.78 Å². The van der Waals surface area contributed by atoms with Gasteiger partial charge in [-0.2, -0.15) is 4.31 Å². The molecule has 0 radical (unpaired) electrons. The normalized spacial score (nSPS) is 20.6. The predicted octanol–water partition coefficient (Wildman–Crippen LogP) is 1.96. The van der Waals surface area contributed by atoms with E-state index >= 15 is 0 Å². The fourth-order valence-corrected chi connectivity index (χ4v) is 3.83. The molecule has 0 aliphatic carbocycles. The molecule has 0 amide bonds. The number of ketones is 1. The van der Waals surface area contributed by atoms with Gasteiger partial charge in [-0.25, -0.2) is 8.42 Å². The van der Waals surface area contributed by atoms with Crippen LogP contribution < -0.4 is 0 Å². The largest absolute Gasteiger partial charge is 0.507 e. The second kappa shape index (κ2) is 5.23. The van der Waals surface area contributed by atoms with Crippen molar-refractivity contribution in [3.63, 3.8) is 0 Å². The van der Waals surface area contributed by atoms with Crippen LogP contribution in [0.1, 0.15) is 15.9 Å². The van der Waals surface area contributed by atoms with Crippen molar-refractivity contribution in [2.45, 2.75) is 17.9 Å². The molecular weight excluding hydrogens is 302 g/mol. The number of carbonyl (C=O) groups excluding carboxylic acids is 1. The molecule has 1 unspecified atom stereocenters. The minimum atomic E-state index is -3.67. The Balaban J connectivity index is 1.83. The number of aromatic hydroxyl groups is 1. The van der Waals surface area contributed by atoms with Gasteiger partial charge in [-0.1, -0.05) is 29.8 Å². The maximum Gasteiger partial charge on any atom is 0.243 e. The molecule has 1 N–H and O–H groups in total. The molecule has 0 bridgehead atoms. The van der Waals surface area contributed by atoms with Crippen LogP contribution in [0.5, 0.6) is 5.75 Å². The van der Waals surface area contributed by atoms with Crippen LogP contribution in [0.25, 0.3) is 0 Å². The molecule has 5 nitrogen and oxygen atoms in total. The van der Waals surface area contributed by atoms with Crippen molar-refractivity contribution < 1.29 is 18.3 Å². The van der Waals surface area contributed by atoms with Gasteiger partial charge in [0.05, 0.1) is 10.5 Å². The van der Waals surface area contributed by atoms with Gasteiger partial charge in [0, 0.05) is 6.54 Å². The number of hydrogen-bond donors (Lipinski definition) is 1. The maximum absolute atomic E-state index is 12.4. The molecule has 2 atom stereocenters. The van der Waals surface area contributed by atoms with Gasteiger partial charge < -0.3 is 5.11 Å². The van der Waals surface area contributed by atoms with Crippen molar-refractivity contribution >= 4 is 15.8 Å². The zero-order valence-electron chi connectivity index (χ0n) is 11.9. The summed E-state index contributed by atoms with van der Waals surface area (Å²) in [6.07, 6.45) is 0. The number of sulfonamides is 1. The maximum atomic E-state index is 12.4. The van der Waals surface area contributed by atoms with Gasteiger partial charge in [0.25, 0.3) is 0 Å². The lowest BCUT2D eigenvalue weighted by Gasteiger charge is -2.07. The number of nitrogens with zero attached hydrogens (tertiary/aromatic N) is 1. The van der Waals surface area contributed by atoms with Gasteiger partial charge in [-0.3, -0.25) is 4.79 Å². The van der Waals surface area contributed by atoms with Crippen LogP contribution in [0.3, 0.4) is 0 Å². The van der Waals surface area contributed by atoms with Crippen molar-refractivity contribution in [2.75, 3.05) is 6.54 Å². The van der Waals surface area contributed by atoms with E-state index in [-0.39, 0.29) is 28.5 Å². The molecule has 1 saturated heterocycles. The summed E-state index contributed by atoms with van der Waals surface area (Å²) in [6, 6.07) is 11.9. The van der Waals surface area contributed by atoms with E-state index in [0.29, 0.717) is 0 Å². The molecule has 1 fully saturated rings. The average molecular weight is 317 g/mol. The molecular formula is C16H15NO4S. The first-order valence-corrected chi connectivity index (χ1v) is 8.26. The number of aryl methyl sites for hydroxylation is 1. The molecule has 0 aromatic heterocycles. The molecule has 3 rings (SSSR count). The Morgan fingerprint density at radius 1 is 1.14 bits per heavy atom. The summed E-state index contributed by atoms with van der Waals surface area (Å²) >= 11 is 0. The molecule has 0 saturated carbocycles. The summed E-state index contributed by atoms with van der Waals surface area (Å²) in [6.45, 7) is 2.02. The number of carbonyl (C=O) groups is 1. The van der Waals surface area contributed by atoms with Crippen LogP contribution in [0.2, 0.25) is 0 Å². The lowest BCUT2D eigenvalue weighted by Crippen LogP contribution is -2.19. The molecule has 6 heteroatoms. The third kappa shape index (κ3) is 2.51. The van der Waals surface area contributed by atoms with Gasteiger partial charge in [0.2, 0.25) is 10.0 Å². The van der Waals surface area contributed by atoms with E-state index in [4.69, 9.17) is 0 Å². The zero-order valence-corrected chi connectivity index (χ0v) is 12.7. The Morgan fingerprint density at radius 2 is 1.77 bits per heavy atom. The van der Waals surface area contributed by atoms with Gasteiger partial charge in [0.1, 0.15) is 11.8 Å². The number of hydrogen-bond acceptors (Lipinski definition) is 4. The molecule has 2 aromatic rings. The molecule has 2 aromatic carbocycles. The molecule has 22 heavy (non-hydrogen) atoms. The Bertz CT molecular complexity index is 827. The fraction of sp³-hybridized carbons (Fsp3) is 0.188. The first-order valence-electron chi connectivity index (χ1n) is 6.82. The number of benzene rings is 2. The van der Waals surface area contributed by atoms with Crippen molar-refractivity contribution in [1.82, 2.24) is 4.31 Å². The third-order valence-electron chi connectivity index (χ3n) is 3.67. The average Bonchev–Trinajstić information content (AvgIpc) is 3.29. The highest BCUT2D eigenvalue weighted by Gasteiger charge is 2.49. The van der Waals surface area contributed by atoms with E-state index in [1.807, 2.05) is 6.92 Å². The van der Waals surface area contributed by atoms with Gasteiger partial charge >= 0.3 is 0 Å². The molecule has 1 aliphatic heterocycles. The topological polar surface area (TPSA) is 74.5 Å². The van der Waals surface area contributed by atoms with Crippen molar-refractivity contribution in [2.24, 2.45) is 0 Å². The summed E-state index contributed by atoms with van der Waals surface area (Å²) in [4.78, 5) is 12.5. The lowest BCUT2D eigenvalue weighted by atomic mass is 10.1. The predicted molar refractivity (Wildman–Crippen MR) is 81.3 cm³/mol. The fourth-order valence-electron chi connectivity index (χ4n) is 2.31. The SMILES string of the molecule is Cc1ccc(S(=O)(=O)N2C[C@H]2C(=O)c2ccccc2O)cc1. The Kier molecular flexibility index (Phi) is 3.50. The summed E-state index contributed by atoms with van der Waals surface area (Å²) in [5.41, 5.74) is 1.11. The summed E-state index contributed by atoms with van der Waals surface area (Å²) in [5.74, 6) is -0.513. The van der Waals surface area contributed by atoms with E-state index in [0.717, 1.165) is 9.87 Å². The van der Waals surface area contributed by atoms with E-state index in [1.54, 1.807) is 24.3 Å². The number of phenolic OH excluding ortho intramolecular Hbond substituents is 1. The van der Waals surface area contributed by atoms with Crippen LogP contribution in [0.15, 0.2) is 53.4 Å². The number of rotatable bonds is 4. The monoisotopic (exact) mass is 317 g/mol. The van der Waals surface area contributed by atoms with Crippen LogP contribution in [0.4, 0.5) is 0 Å². The summed E-state index contributed by atoms with van der Waals surface area (Å²) < 4.78 is 26.0. The van der Waals surface area contributed by atoms with Crippen LogP contribution in [-0.4, -0.2) is 36.2 Å². The standard InChI is InChI=1S/C16H15NO4S/c1-11-6-8-12(9-7-11)22(20,21)17-10-14(17)16(19)13-4-2-3-5-15(13)18/h2-9,14,18H,10H2,1H3/t14-,17?/m0/s1. The molecule has 1 heterocycles. The minimum absolute atomic E-state index is 0.132. The van der Waals surface area contributed by atoms with E-state index in [2.05, 4.69) is 0 Å². The highest BCUT2D eigenvalue weighted by molar-refractivity contribution is 7.89. The van der Waals surface area contributed by atoms with E-state index in [9.17, 15) is 18.3 Å². The van der Waals surface area contributed by atoms with Crippen LogP contribution >= 0.6 is 0 Å². The van der Waals surface area contributed by atoms with E-state index in [1.165, 1.54) is 24.3 Å². The number of Topliss-reactive ketones (excluding diaryl/α,β-unsaturated/α-hetero) is 1. The van der Waals surface area contributed by atoms with Crippen molar-refractivity contribution in [3.05, 3.63) is 59.7 Å². The quantitative estimate of drug-likeness (QED) is 0.691. The number of phenols is 1. The Morgan fingerprint density at radius 3 is 2.41 bits per heavy atom. The second-order valence-corrected chi connectivity index (χ2v) is 7.18. The summed E-state index contributed by atoms with van der Waals surface area (Å²) in [5, 5.41) is 9.71. The Hall–Kier alpha value is -2.18. The van der Waals surface area contributed by atoms with Crippen molar-refractivity contribution in [3.8, 4) is 5.75 Å². The highest BCUT2D eigenvalue weighted by Crippen LogP contribution is 2.32. The third-order valence-corrected chi connectivity index (χ3v) is 5.56. The smallest absolute Gasteiger partial charge is 0.243 e. The molecule has 1 aliphatic rings. The number of para-hydroxylation sites is 1. The van der Waals surface area contributed by atoms with E-state index < -0.39 is 16.1 Å².